The molecule has 0 radical (unpaired) electrons. The van der Waals surface area contributed by atoms with Crippen LogP contribution in [0.5, 0.6) is 11.5 Å². The van der Waals surface area contributed by atoms with Crippen molar-refractivity contribution < 1.29 is 19.3 Å². The molecular formula is C21H29NO4. The maximum Gasteiger partial charge on any atom is 0.191 e. The number of benzene rings is 1. The molecule has 0 bridgehead atoms. The Kier molecular flexibility index (Phi) is 8.46. The van der Waals surface area contributed by atoms with E-state index in [0.717, 1.165) is 55.6 Å². The van der Waals surface area contributed by atoms with Gasteiger partial charge < -0.3 is 19.3 Å². The monoisotopic (exact) mass is 359 g/mol. The highest BCUT2D eigenvalue weighted by atomic mass is 16.7. The lowest BCUT2D eigenvalue weighted by Gasteiger charge is -2.33. The van der Waals surface area contributed by atoms with E-state index in [9.17, 15) is 0 Å². The predicted octanol–water partition coefficient (Wildman–Crippen LogP) is 4.49. The largest absolute Gasteiger partial charge is 0.483 e. The van der Waals surface area contributed by atoms with Gasteiger partial charge in [0.1, 0.15) is 23.9 Å². The van der Waals surface area contributed by atoms with Gasteiger partial charge in [0.05, 0.1) is 6.07 Å². The SMILES string of the molecule is CC1(C=CCCCCCCC#N)CCc2cc(OCOCO)ccc2O1. The van der Waals surface area contributed by atoms with Crippen LogP contribution in [0.2, 0.25) is 0 Å². The molecule has 26 heavy (non-hydrogen) atoms. The molecule has 1 atom stereocenters. The molecule has 0 saturated carbocycles. The highest BCUT2D eigenvalue weighted by Crippen LogP contribution is 2.36. The quantitative estimate of drug-likeness (QED) is 0.358. The second-order valence-corrected chi connectivity index (χ2v) is 6.79. The van der Waals surface area contributed by atoms with Gasteiger partial charge in [-0.1, -0.05) is 18.9 Å². The number of fused-ring (bicyclic) bond motifs is 1. The van der Waals surface area contributed by atoms with Crippen LogP contribution in [-0.2, 0) is 11.2 Å². The van der Waals surface area contributed by atoms with Gasteiger partial charge in [-0.05, 0) is 68.9 Å². The molecule has 0 spiro atoms. The van der Waals surface area contributed by atoms with E-state index in [0.29, 0.717) is 6.42 Å². The minimum absolute atomic E-state index is 0.0348. The maximum atomic E-state index is 8.61. The number of unbranched alkanes of at least 4 members (excludes halogenated alkanes) is 5. The van der Waals surface area contributed by atoms with E-state index in [1.54, 1.807) is 0 Å². The fourth-order valence-corrected chi connectivity index (χ4v) is 3.04. The van der Waals surface area contributed by atoms with Gasteiger partial charge in [0, 0.05) is 6.42 Å². The second-order valence-electron chi connectivity index (χ2n) is 6.79. The van der Waals surface area contributed by atoms with Crippen LogP contribution in [0.25, 0.3) is 0 Å². The first-order valence-corrected chi connectivity index (χ1v) is 9.35. The number of aryl methyl sites for hydroxylation is 1. The van der Waals surface area contributed by atoms with Gasteiger partial charge in [0.25, 0.3) is 0 Å². The molecule has 1 aromatic rings. The normalized spacial score (nSPS) is 19.0. The summed E-state index contributed by atoms with van der Waals surface area (Å²) in [6.07, 6.45) is 12.5. The topological polar surface area (TPSA) is 71.7 Å². The summed E-state index contributed by atoms with van der Waals surface area (Å²) >= 11 is 0. The van der Waals surface area contributed by atoms with Crippen molar-refractivity contribution in [3.8, 4) is 17.6 Å². The highest BCUT2D eigenvalue weighted by Gasteiger charge is 2.29. The first-order valence-electron chi connectivity index (χ1n) is 9.35. The lowest BCUT2D eigenvalue weighted by atomic mass is 9.91. The van der Waals surface area contributed by atoms with Crippen LogP contribution < -0.4 is 9.47 Å². The Hall–Kier alpha value is -2.03. The predicted molar refractivity (Wildman–Crippen MR) is 99.9 cm³/mol. The van der Waals surface area contributed by atoms with Gasteiger partial charge in [-0.15, -0.1) is 0 Å². The summed E-state index contributed by atoms with van der Waals surface area (Å²) in [5, 5.41) is 17.1. The van der Waals surface area contributed by atoms with E-state index < -0.39 is 0 Å². The van der Waals surface area contributed by atoms with E-state index >= 15 is 0 Å². The minimum Gasteiger partial charge on any atom is -0.483 e. The Labute approximate surface area is 156 Å². The van der Waals surface area contributed by atoms with Crippen molar-refractivity contribution in [2.75, 3.05) is 13.6 Å². The Bertz CT molecular complexity index is 623. The fourth-order valence-electron chi connectivity index (χ4n) is 3.04. The van der Waals surface area contributed by atoms with Crippen LogP contribution in [0.1, 0.15) is 57.4 Å². The first kappa shape index (κ1) is 20.3. The van der Waals surface area contributed by atoms with Crippen molar-refractivity contribution in [1.29, 1.82) is 5.26 Å². The van der Waals surface area contributed by atoms with E-state index in [1.807, 2.05) is 18.2 Å². The molecule has 5 nitrogen and oxygen atoms in total. The summed E-state index contributed by atoms with van der Waals surface area (Å²) in [4.78, 5) is 0. The molecule has 142 valence electrons. The van der Waals surface area contributed by atoms with Gasteiger partial charge >= 0.3 is 0 Å². The van der Waals surface area contributed by atoms with Gasteiger partial charge in [-0.3, -0.25) is 0 Å². The molecule has 0 fully saturated rings. The molecule has 0 aromatic heterocycles. The molecule has 0 aliphatic carbocycles. The van der Waals surface area contributed by atoms with Crippen LogP contribution in [0, 0.1) is 11.3 Å². The van der Waals surface area contributed by atoms with Gasteiger partial charge in [0.15, 0.2) is 6.79 Å². The van der Waals surface area contributed by atoms with Gasteiger partial charge in [-0.2, -0.15) is 5.26 Å². The number of aliphatic hydroxyl groups is 1. The summed E-state index contributed by atoms with van der Waals surface area (Å²) in [5.74, 6) is 1.62. The summed E-state index contributed by atoms with van der Waals surface area (Å²) in [7, 11) is 0. The number of rotatable bonds is 11. The molecule has 1 unspecified atom stereocenters. The zero-order chi connectivity index (χ0) is 18.7. The fraction of sp³-hybridized carbons (Fsp3) is 0.571. The van der Waals surface area contributed by atoms with Crippen LogP contribution >= 0.6 is 0 Å². The zero-order valence-electron chi connectivity index (χ0n) is 15.6. The Balaban J connectivity index is 1.78. The van der Waals surface area contributed by atoms with Crippen molar-refractivity contribution in [2.24, 2.45) is 0 Å². The number of nitrogens with zero attached hydrogens (tertiary/aromatic N) is 1. The molecule has 1 aromatic carbocycles. The Morgan fingerprint density at radius 3 is 2.96 bits per heavy atom. The van der Waals surface area contributed by atoms with Crippen molar-refractivity contribution in [1.82, 2.24) is 0 Å². The molecule has 1 heterocycles. The molecule has 1 N–H and O–H groups in total. The number of allylic oxidation sites excluding steroid dienone is 1. The number of hydrogen-bond donors (Lipinski definition) is 1. The van der Waals surface area contributed by atoms with Crippen LogP contribution in [0.4, 0.5) is 0 Å². The van der Waals surface area contributed by atoms with Crippen LogP contribution in [-0.4, -0.2) is 24.3 Å². The van der Waals surface area contributed by atoms with E-state index in [-0.39, 0.29) is 19.2 Å². The third-order valence-corrected chi connectivity index (χ3v) is 4.55. The van der Waals surface area contributed by atoms with E-state index in [2.05, 4.69) is 25.1 Å². The maximum absolute atomic E-state index is 8.61. The smallest absolute Gasteiger partial charge is 0.191 e. The van der Waals surface area contributed by atoms with Crippen molar-refractivity contribution in [3.63, 3.8) is 0 Å². The first-order chi connectivity index (χ1) is 12.7. The van der Waals surface area contributed by atoms with Crippen LogP contribution in [0.3, 0.4) is 0 Å². The van der Waals surface area contributed by atoms with Crippen molar-refractivity contribution in [3.05, 3.63) is 35.9 Å². The Morgan fingerprint density at radius 2 is 2.15 bits per heavy atom. The highest BCUT2D eigenvalue weighted by molar-refractivity contribution is 5.42. The average molecular weight is 359 g/mol. The van der Waals surface area contributed by atoms with Crippen LogP contribution in [0.15, 0.2) is 30.4 Å². The zero-order valence-corrected chi connectivity index (χ0v) is 15.6. The molecule has 1 aliphatic rings. The third kappa shape index (κ3) is 6.70. The summed E-state index contributed by atoms with van der Waals surface area (Å²) < 4.78 is 16.4. The van der Waals surface area contributed by atoms with E-state index in [4.69, 9.17) is 24.6 Å². The summed E-state index contributed by atoms with van der Waals surface area (Å²) in [6, 6.07) is 7.95. The number of nitriles is 1. The van der Waals surface area contributed by atoms with Crippen molar-refractivity contribution >= 4 is 0 Å². The lowest BCUT2D eigenvalue weighted by Crippen LogP contribution is -2.34. The molecule has 2 rings (SSSR count). The number of ether oxygens (including phenoxy) is 3. The summed E-state index contributed by atoms with van der Waals surface area (Å²) in [6.45, 7) is 1.81. The molecule has 0 saturated heterocycles. The molecule has 1 aliphatic heterocycles. The van der Waals surface area contributed by atoms with E-state index in [1.165, 1.54) is 6.42 Å². The minimum atomic E-state index is -0.349. The van der Waals surface area contributed by atoms with Gasteiger partial charge in [-0.25, -0.2) is 0 Å². The Morgan fingerprint density at radius 1 is 1.31 bits per heavy atom. The second kappa shape index (κ2) is 10.8. The summed E-state index contributed by atoms with van der Waals surface area (Å²) in [5.41, 5.74) is 0.866. The standard InChI is InChI=1S/C21H29NO4/c1-21(12-7-5-3-2-4-6-8-14-22)13-11-18-15-19(25-17-24-16-23)9-10-20(18)26-21/h7,9-10,12,15,23H,2-6,8,11,13,16-17H2,1H3. The van der Waals surface area contributed by atoms with Crippen molar-refractivity contribution in [2.45, 2.75) is 63.9 Å². The molecular weight excluding hydrogens is 330 g/mol. The third-order valence-electron chi connectivity index (χ3n) is 4.55. The van der Waals surface area contributed by atoms with Gasteiger partial charge in [0.2, 0.25) is 0 Å². The molecule has 5 heteroatoms. The molecule has 0 amide bonds. The average Bonchev–Trinajstić information content (AvgIpc) is 2.64. The number of hydrogen-bond acceptors (Lipinski definition) is 5. The number of aliphatic hydroxyl groups excluding tert-OH is 1. The lowest BCUT2D eigenvalue weighted by molar-refractivity contribution is -0.0654.